The van der Waals surface area contributed by atoms with Gasteiger partial charge in [-0.05, 0) is 43.0 Å². The van der Waals surface area contributed by atoms with Crippen molar-refractivity contribution in [1.82, 2.24) is 9.88 Å². The van der Waals surface area contributed by atoms with Crippen molar-refractivity contribution in [2.24, 2.45) is 5.92 Å². The van der Waals surface area contributed by atoms with Crippen LogP contribution in [0.15, 0.2) is 36.4 Å². The molecule has 1 atom stereocenters. The van der Waals surface area contributed by atoms with Crippen LogP contribution in [0.2, 0.25) is 10.0 Å². The number of carbonyl (C=O) groups excluding carboxylic acids is 2. The van der Waals surface area contributed by atoms with Crippen molar-refractivity contribution in [3.05, 3.63) is 57.8 Å². The van der Waals surface area contributed by atoms with E-state index in [1.165, 1.54) is 0 Å². The fraction of sp³-hybridized carbons (Fsp3) is 0.316. The van der Waals surface area contributed by atoms with Crippen LogP contribution in [-0.2, 0) is 0 Å². The molecule has 26 heavy (non-hydrogen) atoms. The summed E-state index contributed by atoms with van der Waals surface area (Å²) in [4.78, 5) is 31.2. The van der Waals surface area contributed by atoms with Crippen LogP contribution in [0.4, 0.5) is 5.69 Å². The van der Waals surface area contributed by atoms with Crippen LogP contribution >= 0.6 is 23.2 Å². The van der Waals surface area contributed by atoms with Crippen LogP contribution in [0.1, 0.15) is 40.7 Å². The second-order valence-electron chi connectivity index (χ2n) is 6.46. The molecule has 0 saturated carbocycles. The highest BCUT2D eigenvalue weighted by atomic mass is 35.5. The number of anilines is 1. The zero-order valence-corrected chi connectivity index (χ0v) is 15.8. The summed E-state index contributed by atoms with van der Waals surface area (Å²) in [5.41, 5.74) is 0.813. The smallest absolute Gasteiger partial charge is 0.274 e. The van der Waals surface area contributed by atoms with Crippen molar-refractivity contribution in [2.45, 2.75) is 19.8 Å². The number of carbonyl (C=O) groups is 2. The number of nitrogens with one attached hydrogen (secondary N) is 1. The zero-order valence-electron chi connectivity index (χ0n) is 14.3. The predicted octanol–water partition coefficient (Wildman–Crippen LogP) is 4.51. The van der Waals surface area contributed by atoms with Crippen LogP contribution in [-0.4, -0.2) is 34.8 Å². The molecule has 0 spiro atoms. The fourth-order valence-electron chi connectivity index (χ4n) is 3.00. The lowest BCUT2D eigenvalue weighted by molar-refractivity contribution is 0.0677. The highest BCUT2D eigenvalue weighted by Crippen LogP contribution is 2.29. The minimum Gasteiger partial charge on any atom is -0.337 e. The number of piperidine rings is 1. The van der Waals surface area contributed by atoms with Gasteiger partial charge in [0.15, 0.2) is 0 Å². The Morgan fingerprint density at radius 1 is 1.15 bits per heavy atom. The molecule has 1 aromatic carbocycles. The number of hydrogen-bond donors (Lipinski definition) is 1. The lowest BCUT2D eigenvalue weighted by Crippen LogP contribution is -2.39. The summed E-state index contributed by atoms with van der Waals surface area (Å²) >= 11 is 12.1. The number of likely N-dealkylation sites (tertiary alicyclic amines) is 1. The maximum Gasteiger partial charge on any atom is 0.274 e. The minimum absolute atomic E-state index is 0.146. The molecule has 1 N–H and O–H groups in total. The molecule has 0 aliphatic carbocycles. The zero-order chi connectivity index (χ0) is 18.7. The molecular weight excluding hydrogens is 373 g/mol. The van der Waals surface area contributed by atoms with Gasteiger partial charge in [-0.3, -0.25) is 9.59 Å². The number of rotatable bonds is 3. The number of pyridine rings is 1. The van der Waals surface area contributed by atoms with Gasteiger partial charge >= 0.3 is 0 Å². The summed E-state index contributed by atoms with van der Waals surface area (Å²) in [5.74, 6) is -0.119. The van der Waals surface area contributed by atoms with Crippen LogP contribution < -0.4 is 5.32 Å². The van der Waals surface area contributed by atoms with Crippen molar-refractivity contribution in [3.63, 3.8) is 0 Å². The SMILES string of the molecule is CC1CCCN(C(=O)c2cccc(C(=O)Nc3cccc(Cl)c3Cl)n2)C1. The normalized spacial score (nSPS) is 17.0. The van der Waals surface area contributed by atoms with Gasteiger partial charge in [0.2, 0.25) is 0 Å². The number of benzene rings is 1. The van der Waals surface area contributed by atoms with Gasteiger partial charge < -0.3 is 10.2 Å². The number of halogens is 2. The minimum atomic E-state index is -0.448. The molecule has 2 amide bonds. The van der Waals surface area contributed by atoms with Gasteiger partial charge in [-0.1, -0.05) is 42.3 Å². The Bertz CT molecular complexity index is 841. The molecule has 1 fully saturated rings. The highest BCUT2D eigenvalue weighted by molar-refractivity contribution is 6.44. The Morgan fingerprint density at radius 2 is 1.88 bits per heavy atom. The van der Waals surface area contributed by atoms with E-state index in [9.17, 15) is 9.59 Å². The average Bonchev–Trinajstić information content (AvgIpc) is 2.65. The molecule has 0 bridgehead atoms. The summed E-state index contributed by atoms with van der Waals surface area (Å²) < 4.78 is 0. The lowest BCUT2D eigenvalue weighted by Gasteiger charge is -2.30. The molecule has 1 unspecified atom stereocenters. The van der Waals surface area contributed by atoms with Gasteiger partial charge in [-0.2, -0.15) is 0 Å². The third kappa shape index (κ3) is 4.17. The number of aromatic nitrogens is 1. The topological polar surface area (TPSA) is 62.3 Å². The first-order chi connectivity index (χ1) is 12.5. The third-order valence-corrected chi connectivity index (χ3v) is 5.16. The van der Waals surface area contributed by atoms with E-state index in [2.05, 4.69) is 17.2 Å². The third-order valence-electron chi connectivity index (χ3n) is 4.34. The number of nitrogens with zero attached hydrogens (tertiary/aromatic N) is 2. The molecule has 1 aromatic heterocycles. The largest absolute Gasteiger partial charge is 0.337 e. The maximum atomic E-state index is 12.7. The predicted molar refractivity (Wildman–Crippen MR) is 103 cm³/mol. The first-order valence-corrected chi connectivity index (χ1v) is 9.23. The van der Waals surface area contributed by atoms with Crippen molar-refractivity contribution >= 4 is 40.7 Å². The standard InChI is InChI=1S/C19H19Cl2N3O2/c1-12-5-4-10-24(11-12)19(26)16-9-3-8-15(22-16)18(25)23-14-7-2-6-13(20)17(14)21/h2-3,6-9,12H,4-5,10-11H2,1H3,(H,23,25). The molecule has 2 aromatic rings. The maximum absolute atomic E-state index is 12.7. The first-order valence-electron chi connectivity index (χ1n) is 8.47. The van der Waals surface area contributed by atoms with Gasteiger partial charge in [-0.25, -0.2) is 4.98 Å². The number of hydrogen-bond acceptors (Lipinski definition) is 3. The molecule has 1 aliphatic rings. The van der Waals surface area contributed by atoms with E-state index in [-0.39, 0.29) is 22.3 Å². The summed E-state index contributed by atoms with van der Waals surface area (Å²) in [6, 6.07) is 9.82. The molecule has 1 aliphatic heterocycles. The van der Waals surface area contributed by atoms with Gasteiger partial charge in [0.05, 0.1) is 15.7 Å². The quantitative estimate of drug-likeness (QED) is 0.836. The van der Waals surface area contributed by atoms with Gasteiger partial charge in [0, 0.05) is 13.1 Å². The van der Waals surface area contributed by atoms with E-state index in [0.717, 1.165) is 25.9 Å². The molecule has 2 heterocycles. The highest BCUT2D eigenvalue weighted by Gasteiger charge is 2.23. The van der Waals surface area contributed by atoms with Gasteiger partial charge in [-0.15, -0.1) is 0 Å². The number of amides is 2. The Balaban J connectivity index is 1.77. The summed E-state index contributed by atoms with van der Waals surface area (Å²) in [6.45, 7) is 3.57. The second kappa shape index (κ2) is 8.06. The monoisotopic (exact) mass is 391 g/mol. The summed E-state index contributed by atoms with van der Waals surface area (Å²) in [5, 5.41) is 3.29. The average molecular weight is 392 g/mol. The van der Waals surface area contributed by atoms with E-state index < -0.39 is 5.91 Å². The lowest BCUT2D eigenvalue weighted by atomic mass is 10.00. The van der Waals surface area contributed by atoms with Gasteiger partial charge in [0.25, 0.3) is 11.8 Å². The van der Waals surface area contributed by atoms with Gasteiger partial charge in [0.1, 0.15) is 11.4 Å². The fourth-order valence-corrected chi connectivity index (χ4v) is 3.35. The molecular formula is C19H19Cl2N3O2. The molecule has 7 heteroatoms. The summed E-state index contributed by atoms with van der Waals surface area (Å²) in [7, 11) is 0. The van der Waals surface area contributed by atoms with E-state index in [1.807, 2.05) is 0 Å². The van der Waals surface area contributed by atoms with E-state index >= 15 is 0 Å². The molecule has 136 valence electrons. The van der Waals surface area contributed by atoms with Crippen LogP contribution in [0, 0.1) is 5.92 Å². The molecule has 5 nitrogen and oxygen atoms in total. The molecule has 3 rings (SSSR count). The Labute approximate surface area is 162 Å². The molecule has 0 radical (unpaired) electrons. The van der Waals surface area contributed by atoms with Crippen LogP contribution in [0.3, 0.4) is 0 Å². The first kappa shape index (κ1) is 18.7. The second-order valence-corrected chi connectivity index (χ2v) is 7.25. The van der Waals surface area contributed by atoms with Crippen molar-refractivity contribution in [1.29, 1.82) is 0 Å². The van der Waals surface area contributed by atoms with E-state index in [0.29, 0.717) is 16.6 Å². The van der Waals surface area contributed by atoms with Crippen molar-refractivity contribution in [3.8, 4) is 0 Å². The summed E-state index contributed by atoms with van der Waals surface area (Å²) in [6.07, 6.45) is 2.11. The van der Waals surface area contributed by atoms with E-state index in [4.69, 9.17) is 23.2 Å². The Hall–Kier alpha value is -2.11. The van der Waals surface area contributed by atoms with E-state index in [1.54, 1.807) is 41.3 Å². The molecule has 1 saturated heterocycles. The van der Waals surface area contributed by atoms with Crippen LogP contribution in [0.25, 0.3) is 0 Å². The van der Waals surface area contributed by atoms with Crippen LogP contribution in [0.5, 0.6) is 0 Å². The van der Waals surface area contributed by atoms with Crippen molar-refractivity contribution in [2.75, 3.05) is 18.4 Å². The Kier molecular flexibility index (Phi) is 5.79. The van der Waals surface area contributed by atoms with Crippen molar-refractivity contribution < 1.29 is 9.59 Å². The Morgan fingerprint density at radius 3 is 2.65 bits per heavy atom.